The fourth-order valence-corrected chi connectivity index (χ4v) is 4.27. The third-order valence-corrected chi connectivity index (χ3v) is 5.85. The number of nitrogens with one attached hydrogen (secondary N) is 1. The Hall–Kier alpha value is -2.13. The molecule has 1 amide bonds. The summed E-state index contributed by atoms with van der Waals surface area (Å²) in [4.78, 5) is 22.7. The highest BCUT2D eigenvalue weighted by Gasteiger charge is 2.23. The van der Waals surface area contributed by atoms with Gasteiger partial charge in [-0.25, -0.2) is 0 Å². The molecule has 1 saturated carbocycles. The van der Waals surface area contributed by atoms with E-state index in [0.29, 0.717) is 25.4 Å². The summed E-state index contributed by atoms with van der Waals surface area (Å²) in [6.45, 7) is 0.421. The molecule has 0 aliphatic heterocycles. The van der Waals surface area contributed by atoms with Crippen LogP contribution in [0.1, 0.15) is 54.3 Å². The molecule has 1 aromatic carbocycles. The van der Waals surface area contributed by atoms with E-state index in [9.17, 15) is 14.9 Å². The molecule has 8 nitrogen and oxygen atoms in total. The van der Waals surface area contributed by atoms with Crippen molar-refractivity contribution >= 4 is 35.0 Å². The van der Waals surface area contributed by atoms with E-state index < -0.39 is 10.8 Å². The number of aromatic nitrogens is 3. The molecule has 1 aromatic heterocycles. The van der Waals surface area contributed by atoms with Crippen LogP contribution in [0, 0.1) is 10.1 Å². The lowest BCUT2D eigenvalue weighted by molar-refractivity contribution is -0.384. The number of carbonyl (C=O) groups excluding carboxylic acids is 1. The molecule has 1 N–H and O–H groups in total. The highest BCUT2D eigenvalue weighted by atomic mass is 35.5. The first-order chi connectivity index (χ1) is 13.5. The number of aryl methyl sites for hydroxylation is 1. The zero-order valence-electron chi connectivity index (χ0n) is 15.6. The average Bonchev–Trinajstić information content (AvgIpc) is 3.34. The van der Waals surface area contributed by atoms with Gasteiger partial charge in [-0.05, 0) is 31.6 Å². The number of non-ortho nitro benzene ring substituents is 1. The van der Waals surface area contributed by atoms with E-state index >= 15 is 0 Å². The van der Waals surface area contributed by atoms with Crippen molar-refractivity contribution < 1.29 is 9.72 Å². The van der Waals surface area contributed by atoms with Gasteiger partial charge in [0.1, 0.15) is 5.82 Å². The van der Waals surface area contributed by atoms with E-state index in [-0.39, 0.29) is 16.3 Å². The minimum absolute atomic E-state index is 0.106. The van der Waals surface area contributed by atoms with Crippen LogP contribution in [-0.4, -0.2) is 38.4 Å². The lowest BCUT2D eigenvalue weighted by Gasteiger charge is -2.16. The summed E-state index contributed by atoms with van der Waals surface area (Å²) in [6, 6.07) is 4.30. The first kappa shape index (κ1) is 20.6. The summed E-state index contributed by atoms with van der Waals surface area (Å²) in [7, 11) is 0. The van der Waals surface area contributed by atoms with Gasteiger partial charge in [0.05, 0.1) is 15.5 Å². The zero-order valence-corrected chi connectivity index (χ0v) is 17.1. The highest BCUT2D eigenvalue weighted by molar-refractivity contribution is 7.98. The van der Waals surface area contributed by atoms with Crippen molar-refractivity contribution in [3.05, 3.63) is 44.7 Å². The maximum atomic E-state index is 12.3. The van der Waals surface area contributed by atoms with Gasteiger partial charge in [0.25, 0.3) is 11.6 Å². The largest absolute Gasteiger partial charge is 0.352 e. The number of halogens is 1. The lowest BCUT2D eigenvalue weighted by atomic mass is 10.2. The Balaban J connectivity index is 1.58. The number of benzene rings is 1. The van der Waals surface area contributed by atoms with Gasteiger partial charge in [0.2, 0.25) is 0 Å². The number of rotatable bonds is 8. The Kier molecular flexibility index (Phi) is 6.90. The maximum Gasteiger partial charge on any atom is 0.270 e. The van der Waals surface area contributed by atoms with Gasteiger partial charge in [-0.2, -0.15) is 0 Å². The number of carbonyl (C=O) groups is 1. The monoisotopic (exact) mass is 423 g/mol. The molecule has 0 saturated heterocycles. The van der Waals surface area contributed by atoms with E-state index in [4.69, 9.17) is 11.6 Å². The lowest BCUT2D eigenvalue weighted by Crippen LogP contribution is -2.25. The molecule has 0 spiro atoms. The summed E-state index contributed by atoms with van der Waals surface area (Å²) in [5, 5.41) is 23.4. The average molecular weight is 424 g/mol. The van der Waals surface area contributed by atoms with Crippen LogP contribution < -0.4 is 5.32 Å². The smallest absolute Gasteiger partial charge is 0.270 e. The topological polar surface area (TPSA) is 103 Å². The first-order valence-corrected chi connectivity index (χ1v) is 10.8. The van der Waals surface area contributed by atoms with Crippen LogP contribution in [0.5, 0.6) is 0 Å². The molecule has 1 heterocycles. The minimum atomic E-state index is -0.549. The van der Waals surface area contributed by atoms with Crippen molar-refractivity contribution in [1.29, 1.82) is 0 Å². The molecule has 1 aliphatic rings. The Labute approximate surface area is 172 Å². The van der Waals surface area contributed by atoms with Gasteiger partial charge >= 0.3 is 0 Å². The molecule has 0 unspecified atom stereocenters. The summed E-state index contributed by atoms with van der Waals surface area (Å²) in [5.41, 5.74) is -0.0570. The van der Waals surface area contributed by atoms with E-state index in [0.717, 1.165) is 23.8 Å². The van der Waals surface area contributed by atoms with Gasteiger partial charge in [-0.15, -0.1) is 10.2 Å². The van der Waals surface area contributed by atoms with Crippen molar-refractivity contribution in [2.24, 2.45) is 0 Å². The zero-order chi connectivity index (χ0) is 20.1. The Morgan fingerprint density at radius 3 is 2.82 bits per heavy atom. The molecule has 0 atom stereocenters. The quantitative estimate of drug-likeness (QED) is 0.297. The van der Waals surface area contributed by atoms with Gasteiger partial charge in [0, 0.05) is 31.1 Å². The molecule has 2 aromatic rings. The van der Waals surface area contributed by atoms with E-state index in [2.05, 4.69) is 20.1 Å². The number of nitrogens with zero attached hydrogens (tertiary/aromatic N) is 4. The van der Waals surface area contributed by atoms with E-state index in [1.165, 1.54) is 31.0 Å². The SMILES string of the molecule is CSc1nnc(CCCNC(=O)c2cc([N+](=O)[O-])ccc2Cl)n1C1CCCC1. The van der Waals surface area contributed by atoms with Gasteiger partial charge in [0.15, 0.2) is 5.16 Å². The Morgan fingerprint density at radius 1 is 1.39 bits per heavy atom. The van der Waals surface area contributed by atoms with Crippen LogP contribution >= 0.6 is 23.4 Å². The van der Waals surface area contributed by atoms with Crippen molar-refractivity contribution in [2.45, 2.75) is 49.7 Å². The van der Waals surface area contributed by atoms with Crippen molar-refractivity contribution in [3.8, 4) is 0 Å². The second kappa shape index (κ2) is 9.38. The predicted molar refractivity (Wildman–Crippen MR) is 108 cm³/mol. The van der Waals surface area contributed by atoms with Crippen LogP contribution in [0.15, 0.2) is 23.4 Å². The van der Waals surface area contributed by atoms with E-state index in [1.807, 2.05) is 6.26 Å². The number of nitro groups is 1. The number of hydrogen-bond donors (Lipinski definition) is 1. The molecule has 0 bridgehead atoms. The van der Waals surface area contributed by atoms with Crippen LogP contribution in [0.4, 0.5) is 5.69 Å². The molecular weight excluding hydrogens is 402 g/mol. The van der Waals surface area contributed by atoms with E-state index in [1.54, 1.807) is 11.8 Å². The van der Waals surface area contributed by atoms with Crippen LogP contribution in [0.3, 0.4) is 0 Å². The Morgan fingerprint density at radius 2 is 2.14 bits per heavy atom. The molecule has 0 radical (unpaired) electrons. The van der Waals surface area contributed by atoms with Gasteiger partial charge < -0.3 is 9.88 Å². The molecular formula is C18H22ClN5O3S. The van der Waals surface area contributed by atoms with Crippen molar-refractivity contribution in [1.82, 2.24) is 20.1 Å². The standard InChI is InChI=1S/C18H22ClN5O3S/c1-28-18-22-21-16(23(18)12-5-2-3-6-12)7-4-10-20-17(25)14-11-13(24(26)27)8-9-15(14)19/h8-9,11-12H,2-7,10H2,1H3,(H,20,25). The minimum Gasteiger partial charge on any atom is -0.352 e. The highest BCUT2D eigenvalue weighted by Crippen LogP contribution is 2.33. The predicted octanol–water partition coefficient (Wildman–Crippen LogP) is 4.04. The van der Waals surface area contributed by atoms with Gasteiger partial charge in [-0.3, -0.25) is 14.9 Å². The van der Waals surface area contributed by atoms with Crippen molar-refractivity contribution in [3.63, 3.8) is 0 Å². The maximum absolute atomic E-state index is 12.3. The number of hydrogen-bond acceptors (Lipinski definition) is 6. The number of nitro benzene ring substituents is 1. The second-order valence-corrected chi connectivity index (χ2v) is 7.87. The second-order valence-electron chi connectivity index (χ2n) is 6.69. The number of amides is 1. The van der Waals surface area contributed by atoms with Crippen molar-refractivity contribution in [2.75, 3.05) is 12.8 Å². The third kappa shape index (κ3) is 4.64. The molecule has 3 rings (SSSR count). The molecule has 1 fully saturated rings. The summed E-state index contributed by atoms with van der Waals surface area (Å²) >= 11 is 7.61. The normalized spacial score (nSPS) is 14.4. The number of thioether (sulfide) groups is 1. The summed E-state index contributed by atoms with van der Waals surface area (Å²) in [5.74, 6) is 0.523. The molecule has 10 heteroatoms. The summed E-state index contributed by atoms with van der Waals surface area (Å²) < 4.78 is 2.25. The fraction of sp³-hybridized carbons (Fsp3) is 0.500. The van der Waals surface area contributed by atoms with Gasteiger partial charge in [-0.1, -0.05) is 36.2 Å². The van der Waals surface area contributed by atoms with Crippen LogP contribution in [-0.2, 0) is 6.42 Å². The fourth-order valence-electron chi connectivity index (χ4n) is 3.49. The summed E-state index contributed by atoms with van der Waals surface area (Å²) in [6.07, 6.45) is 8.17. The molecule has 1 aliphatic carbocycles. The van der Waals surface area contributed by atoms with Crippen LogP contribution in [0.2, 0.25) is 5.02 Å². The Bertz CT molecular complexity index is 867. The third-order valence-electron chi connectivity index (χ3n) is 4.88. The van der Waals surface area contributed by atoms with Crippen LogP contribution in [0.25, 0.3) is 0 Å². The molecule has 150 valence electrons. The molecule has 28 heavy (non-hydrogen) atoms. The first-order valence-electron chi connectivity index (χ1n) is 9.21.